The molecule has 108 valence electrons. The van der Waals surface area contributed by atoms with Gasteiger partial charge in [-0.3, -0.25) is 0 Å². The minimum Gasteiger partial charge on any atom is -0.310 e. The molecule has 7 heteroatoms. The molecule has 1 atom stereocenters. The van der Waals surface area contributed by atoms with Crippen molar-refractivity contribution in [1.82, 2.24) is 9.62 Å². The van der Waals surface area contributed by atoms with Gasteiger partial charge in [0.05, 0.1) is 0 Å². The van der Waals surface area contributed by atoms with Crippen LogP contribution in [0.3, 0.4) is 0 Å². The monoisotopic (exact) mass is 284 g/mol. The summed E-state index contributed by atoms with van der Waals surface area (Å²) in [5.74, 6) is -3.33. The SMILES string of the molecule is CC(C)(C)NCC1CCCCN1S(=O)(=O)C(F)F. The summed E-state index contributed by atoms with van der Waals surface area (Å²) in [7, 11) is -4.46. The Labute approximate surface area is 108 Å². The number of hydrogen-bond acceptors (Lipinski definition) is 3. The minimum absolute atomic E-state index is 0.155. The molecular formula is C11H22F2N2O2S. The van der Waals surface area contributed by atoms with E-state index in [-0.39, 0.29) is 18.1 Å². The van der Waals surface area contributed by atoms with E-state index in [1.165, 1.54) is 0 Å². The van der Waals surface area contributed by atoms with Gasteiger partial charge >= 0.3 is 5.76 Å². The van der Waals surface area contributed by atoms with Gasteiger partial charge < -0.3 is 5.32 Å². The van der Waals surface area contributed by atoms with E-state index in [1.54, 1.807) is 0 Å². The lowest BCUT2D eigenvalue weighted by Crippen LogP contribution is -2.52. The number of hydrogen-bond donors (Lipinski definition) is 1. The largest absolute Gasteiger partial charge is 0.350 e. The van der Waals surface area contributed by atoms with Gasteiger partial charge in [0.1, 0.15) is 0 Å². The number of alkyl halides is 2. The molecule has 1 rings (SSSR count). The van der Waals surface area contributed by atoms with Gasteiger partial charge in [0, 0.05) is 24.7 Å². The van der Waals surface area contributed by atoms with Crippen LogP contribution in [0.2, 0.25) is 0 Å². The predicted octanol–water partition coefficient (Wildman–Crippen LogP) is 1.78. The number of piperidine rings is 1. The highest BCUT2D eigenvalue weighted by Gasteiger charge is 2.38. The smallest absolute Gasteiger partial charge is 0.310 e. The maximum atomic E-state index is 12.6. The highest BCUT2D eigenvalue weighted by atomic mass is 32.2. The quantitative estimate of drug-likeness (QED) is 0.856. The van der Waals surface area contributed by atoms with E-state index in [4.69, 9.17) is 0 Å². The Kier molecular flexibility index (Phi) is 5.08. The molecule has 1 fully saturated rings. The van der Waals surface area contributed by atoms with Gasteiger partial charge in [0.25, 0.3) is 10.0 Å². The summed E-state index contributed by atoms with van der Waals surface area (Å²) in [6, 6.07) is -0.364. The zero-order valence-corrected chi connectivity index (χ0v) is 11.9. The average molecular weight is 284 g/mol. The van der Waals surface area contributed by atoms with Crippen LogP contribution < -0.4 is 5.32 Å². The summed E-state index contributed by atoms with van der Waals surface area (Å²) in [5, 5.41) is 3.18. The summed E-state index contributed by atoms with van der Waals surface area (Å²) >= 11 is 0. The van der Waals surface area contributed by atoms with Crippen molar-refractivity contribution in [1.29, 1.82) is 0 Å². The molecule has 1 saturated heterocycles. The van der Waals surface area contributed by atoms with Crippen molar-refractivity contribution in [3.63, 3.8) is 0 Å². The van der Waals surface area contributed by atoms with E-state index in [9.17, 15) is 17.2 Å². The van der Waals surface area contributed by atoms with Crippen molar-refractivity contribution in [3.05, 3.63) is 0 Å². The summed E-state index contributed by atoms with van der Waals surface area (Å²) in [4.78, 5) is 0. The zero-order chi connectivity index (χ0) is 14.0. The maximum Gasteiger partial charge on any atom is 0.350 e. The molecule has 0 radical (unpaired) electrons. The molecule has 0 amide bonds. The summed E-state index contributed by atoms with van der Waals surface area (Å²) in [5.41, 5.74) is -0.155. The van der Waals surface area contributed by atoms with Crippen molar-refractivity contribution < 1.29 is 17.2 Å². The molecule has 1 heterocycles. The van der Waals surface area contributed by atoms with E-state index in [0.717, 1.165) is 10.7 Å². The van der Waals surface area contributed by atoms with Crippen LogP contribution in [0.25, 0.3) is 0 Å². The van der Waals surface area contributed by atoms with Gasteiger partial charge in [-0.25, -0.2) is 8.42 Å². The average Bonchev–Trinajstić information content (AvgIpc) is 2.25. The fraction of sp³-hybridized carbons (Fsp3) is 1.00. The van der Waals surface area contributed by atoms with Crippen LogP contribution >= 0.6 is 0 Å². The number of sulfonamides is 1. The fourth-order valence-electron chi connectivity index (χ4n) is 2.04. The molecule has 18 heavy (non-hydrogen) atoms. The molecule has 0 bridgehead atoms. The topological polar surface area (TPSA) is 49.4 Å². The summed E-state index contributed by atoms with van der Waals surface area (Å²) in [6.45, 7) is 6.49. The van der Waals surface area contributed by atoms with Gasteiger partial charge in [-0.15, -0.1) is 0 Å². The highest BCUT2D eigenvalue weighted by molar-refractivity contribution is 7.89. The number of rotatable bonds is 4. The Balaban J connectivity index is 2.75. The molecule has 0 aromatic rings. The lowest BCUT2D eigenvalue weighted by atomic mass is 10.0. The lowest BCUT2D eigenvalue weighted by molar-refractivity contribution is 0.185. The van der Waals surface area contributed by atoms with Crippen LogP contribution in [0.4, 0.5) is 8.78 Å². The third-order valence-electron chi connectivity index (χ3n) is 2.99. The van der Waals surface area contributed by atoms with Gasteiger partial charge in [-0.1, -0.05) is 6.42 Å². The molecule has 0 saturated carbocycles. The van der Waals surface area contributed by atoms with Crippen LogP contribution in [0.5, 0.6) is 0 Å². The molecular weight excluding hydrogens is 262 g/mol. The normalized spacial score (nSPS) is 23.6. The molecule has 1 N–H and O–H groups in total. The molecule has 0 aliphatic carbocycles. The zero-order valence-electron chi connectivity index (χ0n) is 11.1. The minimum atomic E-state index is -4.46. The second-order valence-corrected chi connectivity index (χ2v) is 7.55. The van der Waals surface area contributed by atoms with E-state index in [0.29, 0.717) is 19.4 Å². The molecule has 1 unspecified atom stereocenters. The molecule has 1 aliphatic rings. The van der Waals surface area contributed by atoms with Crippen LogP contribution in [0.1, 0.15) is 40.0 Å². The van der Waals surface area contributed by atoms with Gasteiger partial charge in [0.15, 0.2) is 0 Å². The Hall–Kier alpha value is -0.270. The maximum absolute atomic E-state index is 12.6. The van der Waals surface area contributed by atoms with Crippen molar-refractivity contribution in [2.24, 2.45) is 0 Å². The third kappa shape index (κ3) is 4.13. The predicted molar refractivity (Wildman–Crippen MR) is 67.0 cm³/mol. The van der Waals surface area contributed by atoms with Gasteiger partial charge in [-0.05, 0) is 33.6 Å². The van der Waals surface area contributed by atoms with Crippen LogP contribution in [-0.4, -0.2) is 43.2 Å². The Morgan fingerprint density at radius 1 is 1.33 bits per heavy atom. The first-order chi connectivity index (χ1) is 8.14. The van der Waals surface area contributed by atoms with Crippen LogP contribution in [0, 0.1) is 0 Å². The van der Waals surface area contributed by atoms with E-state index < -0.39 is 15.8 Å². The van der Waals surface area contributed by atoms with E-state index >= 15 is 0 Å². The summed E-state index contributed by atoms with van der Waals surface area (Å²) in [6.07, 6.45) is 2.17. The Morgan fingerprint density at radius 3 is 2.44 bits per heavy atom. The van der Waals surface area contributed by atoms with E-state index in [1.807, 2.05) is 20.8 Å². The second-order valence-electron chi connectivity index (χ2n) is 5.70. The Bertz CT molecular complexity index is 366. The fourth-order valence-corrected chi connectivity index (χ4v) is 3.22. The van der Waals surface area contributed by atoms with Crippen molar-refractivity contribution in [2.45, 2.75) is 57.4 Å². The first-order valence-electron chi connectivity index (χ1n) is 6.18. The van der Waals surface area contributed by atoms with Crippen molar-refractivity contribution >= 4 is 10.0 Å². The van der Waals surface area contributed by atoms with Crippen LogP contribution in [-0.2, 0) is 10.0 Å². The molecule has 0 aromatic carbocycles. The van der Waals surface area contributed by atoms with Crippen molar-refractivity contribution in [3.8, 4) is 0 Å². The second kappa shape index (κ2) is 5.79. The van der Waals surface area contributed by atoms with Gasteiger partial charge in [0.2, 0.25) is 0 Å². The highest BCUT2D eigenvalue weighted by Crippen LogP contribution is 2.24. The lowest BCUT2D eigenvalue weighted by Gasteiger charge is -2.36. The van der Waals surface area contributed by atoms with E-state index in [2.05, 4.69) is 5.32 Å². The number of nitrogens with one attached hydrogen (secondary N) is 1. The molecule has 1 aliphatic heterocycles. The Morgan fingerprint density at radius 2 is 1.94 bits per heavy atom. The molecule has 4 nitrogen and oxygen atoms in total. The molecule has 0 aromatic heterocycles. The first-order valence-corrected chi connectivity index (χ1v) is 7.69. The van der Waals surface area contributed by atoms with Crippen LogP contribution in [0.15, 0.2) is 0 Å². The number of nitrogens with zero attached hydrogens (tertiary/aromatic N) is 1. The first kappa shape index (κ1) is 15.8. The van der Waals surface area contributed by atoms with Gasteiger partial charge in [-0.2, -0.15) is 13.1 Å². The third-order valence-corrected chi connectivity index (χ3v) is 4.58. The summed E-state index contributed by atoms with van der Waals surface area (Å²) < 4.78 is 49.3. The molecule has 0 spiro atoms. The van der Waals surface area contributed by atoms with Crippen molar-refractivity contribution in [2.75, 3.05) is 13.1 Å². The standard InChI is InChI=1S/C11H22F2N2O2S/c1-11(2,3)14-8-9-6-4-5-7-15(9)18(16,17)10(12)13/h9-10,14H,4-8H2,1-3H3. The number of halogens is 2.